The number of nitrogens with one attached hydrogen (secondary N) is 2. The third kappa shape index (κ3) is 3.51. The van der Waals surface area contributed by atoms with E-state index in [9.17, 15) is 4.79 Å². The quantitative estimate of drug-likeness (QED) is 0.297. The van der Waals surface area contributed by atoms with Gasteiger partial charge in [-0.05, 0) is 48.2 Å². The Bertz CT molecular complexity index is 1770. The Morgan fingerprint density at radius 3 is 2.44 bits per heavy atom. The molecule has 3 heterocycles. The van der Waals surface area contributed by atoms with Gasteiger partial charge >= 0.3 is 0 Å². The zero-order chi connectivity index (χ0) is 26.7. The van der Waals surface area contributed by atoms with Crippen LogP contribution in [-0.4, -0.2) is 41.6 Å². The Kier molecular flexibility index (Phi) is 5.36. The summed E-state index contributed by atoms with van der Waals surface area (Å²) in [5.41, 5.74) is 6.64. The molecule has 0 saturated heterocycles. The van der Waals surface area contributed by atoms with Crippen molar-refractivity contribution in [2.24, 2.45) is 0 Å². The van der Waals surface area contributed by atoms with Crippen molar-refractivity contribution in [3.8, 4) is 17.2 Å². The molecule has 1 aliphatic heterocycles. The summed E-state index contributed by atoms with van der Waals surface area (Å²) in [4.78, 5) is 22.5. The minimum Gasteiger partial charge on any atom is -0.493 e. The number of para-hydroxylation sites is 3. The number of H-pyrrole nitrogens is 1. The van der Waals surface area contributed by atoms with Crippen molar-refractivity contribution >= 4 is 33.7 Å². The van der Waals surface area contributed by atoms with Crippen LogP contribution >= 0.6 is 0 Å². The summed E-state index contributed by atoms with van der Waals surface area (Å²) in [6, 6.07) is 19.9. The Morgan fingerprint density at radius 1 is 0.923 bits per heavy atom. The molecule has 0 unspecified atom stereocenters. The molecule has 8 heteroatoms. The van der Waals surface area contributed by atoms with Gasteiger partial charge in [0.05, 0.1) is 38.4 Å². The zero-order valence-corrected chi connectivity index (χ0v) is 21.9. The molecule has 39 heavy (non-hydrogen) atoms. The average Bonchev–Trinajstić information content (AvgIpc) is 3.56. The summed E-state index contributed by atoms with van der Waals surface area (Å²) in [5, 5.41) is 4.65. The number of rotatable bonds is 5. The second-order valence-electron chi connectivity index (χ2n) is 9.99. The summed E-state index contributed by atoms with van der Waals surface area (Å²) in [7, 11) is 4.80. The van der Waals surface area contributed by atoms with Crippen molar-refractivity contribution in [2.75, 3.05) is 26.6 Å². The van der Waals surface area contributed by atoms with Crippen molar-refractivity contribution in [3.05, 3.63) is 89.3 Å². The monoisotopic (exact) mass is 520 g/mol. The van der Waals surface area contributed by atoms with E-state index in [0.717, 1.165) is 50.3 Å². The summed E-state index contributed by atoms with van der Waals surface area (Å²) < 4.78 is 18.9. The maximum Gasteiger partial charge on any atom is 0.209 e. The molecule has 2 N–H and O–H groups in total. The van der Waals surface area contributed by atoms with Gasteiger partial charge in [-0.2, -0.15) is 0 Å². The van der Waals surface area contributed by atoms with E-state index in [1.165, 1.54) is 0 Å². The SMILES string of the molecule is COc1cc([C@@H]2CC(=O)C3=C(C2)Nc2nc4ccccc4n2[C@H]3c2c[nH]c3ccccc23)cc(OC)c1OC. The number of aromatic nitrogens is 3. The molecule has 0 bridgehead atoms. The maximum absolute atomic E-state index is 14.1. The first-order valence-electron chi connectivity index (χ1n) is 13.0. The largest absolute Gasteiger partial charge is 0.493 e. The summed E-state index contributed by atoms with van der Waals surface area (Å²) in [5.74, 6) is 2.49. The number of ketones is 1. The van der Waals surface area contributed by atoms with Gasteiger partial charge in [0.15, 0.2) is 17.3 Å². The van der Waals surface area contributed by atoms with Crippen LogP contribution in [0.15, 0.2) is 78.1 Å². The van der Waals surface area contributed by atoms with Gasteiger partial charge in [0.25, 0.3) is 0 Å². The maximum atomic E-state index is 14.1. The highest BCUT2D eigenvalue weighted by Gasteiger charge is 2.40. The minimum atomic E-state index is -0.298. The lowest BCUT2D eigenvalue weighted by Crippen LogP contribution is -2.33. The van der Waals surface area contributed by atoms with Crippen LogP contribution in [-0.2, 0) is 4.79 Å². The summed E-state index contributed by atoms with van der Waals surface area (Å²) in [6.07, 6.45) is 3.06. The number of carbonyl (C=O) groups is 1. The van der Waals surface area contributed by atoms with Gasteiger partial charge in [-0.3, -0.25) is 9.36 Å². The van der Waals surface area contributed by atoms with Gasteiger partial charge < -0.3 is 24.5 Å². The number of Topliss-reactive ketones (excluding diaryl/α,β-unsaturated/α-hetero) is 1. The Balaban J connectivity index is 1.39. The lowest BCUT2D eigenvalue weighted by molar-refractivity contribution is -0.116. The number of benzene rings is 3. The molecule has 0 radical (unpaired) electrons. The van der Waals surface area contributed by atoms with Crippen LogP contribution in [0, 0.1) is 0 Å². The van der Waals surface area contributed by atoms with Gasteiger partial charge in [-0.15, -0.1) is 0 Å². The highest BCUT2D eigenvalue weighted by atomic mass is 16.5. The van der Waals surface area contributed by atoms with Gasteiger partial charge in [-0.25, -0.2) is 4.98 Å². The first-order chi connectivity index (χ1) is 19.1. The van der Waals surface area contributed by atoms with Crippen LogP contribution in [0.1, 0.15) is 35.9 Å². The highest BCUT2D eigenvalue weighted by molar-refractivity contribution is 6.02. The number of ether oxygens (including phenoxy) is 3. The van der Waals surface area contributed by atoms with E-state index in [1.807, 2.05) is 48.7 Å². The molecule has 196 valence electrons. The number of hydrogen-bond donors (Lipinski definition) is 2. The number of anilines is 1. The van der Waals surface area contributed by atoms with Crippen molar-refractivity contribution in [1.29, 1.82) is 0 Å². The number of fused-ring (bicyclic) bond motifs is 4. The zero-order valence-electron chi connectivity index (χ0n) is 21.9. The van der Waals surface area contributed by atoms with Crippen LogP contribution in [0.2, 0.25) is 0 Å². The number of imidazole rings is 1. The standard InChI is InChI=1S/C31H28N4O4/c1-37-26-14-18(15-27(38-2)30(26)39-3)17-12-23-28(25(36)13-17)29(20-16-32-21-9-5-4-8-19(20)21)35-24-11-7-6-10-22(24)33-31(35)34-23/h4-11,14-17,29,32H,12-13H2,1-3H3,(H,33,34)/t17-,29-/m0/s1. The molecule has 1 aliphatic carbocycles. The molecular formula is C31H28N4O4. The van der Waals surface area contributed by atoms with Crippen LogP contribution < -0.4 is 19.5 Å². The fourth-order valence-electron chi connectivity index (χ4n) is 6.21. The second-order valence-corrected chi connectivity index (χ2v) is 9.99. The first-order valence-corrected chi connectivity index (χ1v) is 13.0. The molecule has 3 aromatic carbocycles. The number of carbonyl (C=O) groups excluding carboxylic acids is 1. The third-order valence-electron chi connectivity index (χ3n) is 7.97. The lowest BCUT2D eigenvalue weighted by Gasteiger charge is -2.36. The first kappa shape index (κ1) is 23.4. The highest BCUT2D eigenvalue weighted by Crippen LogP contribution is 2.49. The van der Waals surface area contributed by atoms with Crippen LogP contribution in [0.25, 0.3) is 21.9 Å². The summed E-state index contributed by atoms with van der Waals surface area (Å²) >= 11 is 0. The van der Waals surface area contributed by atoms with E-state index < -0.39 is 0 Å². The predicted molar refractivity (Wildman–Crippen MR) is 150 cm³/mol. The fraction of sp³-hybridized carbons (Fsp3) is 0.226. The molecule has 0 amide bonds. The Morgan fingerprint density at radius 2 is 1.67 bits per heavy atom. The molecule has 0 fully saturated rings. The third-order valence-corrected chi connectivity index (χ3v) is 7.97. The fourth-order valence-corrected chi connectivity index (χ4v) is 6.21. The minimum absolute atomic E-state index is 0.0583. The molecule has 2 aromatic heterocycles. The number of nitrogens with zero attached hydrogens (tertiary/aromatic N) is 2. The smallest absolute Gasteiger partial charge is 0.209 e. The van der Waals surface area contributed by atoms with Gasteiger partial charge in [0.2, 0.25) is 11.7 Å². The van der Waals surface area contributed by atoms with Gasteiger partial charge in [-0.1, -0.05) is 30.3 Å². The van der Waals surface area contributed by atoms with Gasteiger partial charge in [0.1, 0.15) is 0 Å². The number of aromatic amines is 1. The molecule has 2 atom stereocenters. The second kappa shape index (κ2) is 8.94. The lowest BCUT2D eigenvalue weighted by atomic mass is 9.77. The van der Waals surface area contributed by atoms with Crippen molar-refractivity contribution < 1.29 is 19.0 Å². The van der Waals surface area contributed by atoms with E-state index in [2.05, 4.69) is 33.1 Å². The molecular weight excluding hydrogens is 492 g/mol. The molecule has 0 spiro atoms. The average molecular weight is 521 g/mol. The molecule has 2 aliphatic rings. The number of methoxy groups -OCH3 is 3. The van der Waals surface area contributed by atoms with E-state index in [-0.39, 0.29) is 17.7 Å². The Hall–Kier alpha value is -4.72. The number of allylic oxidation sites excluding steroid dienone is 2. The van der Waals surface area contributed by atoms with Crippen LogP contribution in [0.4, 0.5) is 5.95 Å². The van der Waals surface area contributed by atoms with Crippen molar-refractivity contribution in [3.63, 3.8) is 0 Å². The van der Waals surface area contributed by atoms with Crippen LogP contribution in [0.5, 0.6) is 17.2 Å². The Labute approximate surface area is 225 Å². The van der Waals surface area contributed by atoms with E-state index in [0.29, 0.717) is 30.1 Å². The predicted octanol–water partition coefficient (Wildman–Crippen LogP) is 5.96. The van der Waals surface area contributed by atoms with Gasteiger partial charge in [0, 0.05) is 40.4 Å². The van der Waals surface area contributed by atoms with E-state index >= 15 is 0 Å². The summed E-state index contributed by atoms with van der Waals surface area (Å²) in [6.45, 7) is 0. The van der Waals surface area contributed by atoms with E-state index in [4.69, 9.17) is 19.2 Å². The molecule has 5 aromatic rings. The number of hydrogen-bond acceptors (Lipinski definition) is 6. The van der Waals surface area contributed by atoms with Crippen molar-refractivity contribution in [1.82, 2.24) is 14.5 Å². The van der Waals surface area contributed by atoms with E-state index in [1.54, 1.807) is 21.3 Å². The molecule has 7 rings (SSSR count). The molecule has 8 nitrogen and oxygen atoms in total. The molecule has 0 saturated carbocycles. The normalized spacial score (nSPS) is 18.6. The van der Waals surface area contributed by atoms with Crippen LogP contribution in [0.3, 0.4) is 0 Å². The van der Waals surface area contributed by atoms with Crippen molar-refractivity contribution in [2.45, 2.75) is 24.8 Å². The topological polar surface area (TPSA) is 90.4 Å².